The van der Waals surface area contributed by atoms with Gasteiger partial charge in [-0.15, -0.1) is 10.2 Å². The van der Waals surface area contributed by atoms with Crippen LogP contribution >= 0.6 is 0 Å². The van der Waals surface area contributed by atoms with Gasteiger partial charge in [0, 0.05) is 19.5 Å². The number of ether oxygens (including phenoxy) is 1. The van der Waals surface area contributed by atoms with Crippen LogP contribution in [0, 0.1) is 0 Å². The first-order valence-electron chi connectivity index (χ1n) is 5.66. The lowest BCUT2D eigenvalue weighted by Crippen LogP contribution is -2.19. The Morgan fingerprint density at radius 2 is 2.33 bits per heavy atom. The molecule has 2 atom stereocenters. The molecule has 0 bridgehead atoms. The third-order valence-corrected chi connectivity index (χ3v) is 3.30. The Kier molecular flexibility index (Phi) is 2.21. The summed E-state index contributed by atoms with van der Waals surface area (Å²) in [5.74, 6) is 2.13. The molecule has 0 amide bonds. The molecule has 1 aromatic rings. The second kappa shape index (κ2) is 3.57. The summed E-state index contributed by atoms with van der Waals surface area (Å²) < 4.78 is 8.04. The number of nitrogens with zero attached hydrogens (tertiary/aromatic N) is 3. The minimum absolute atomic E-state index is 0.123. The third kappa shape index (κ3) is 1.46. The first-order chi connectivity index (χ1) is 7.38. The van der Waals surface area contributed by atoms with Crippen molar-refractivity contribution in [3.63, 3.8) is 0 Å². The molecule has 2 aliphatic heterocycles. The van der Waals surface area contributed by atoms with Crippen LogP contribution in [0.25, 0.3) is 0 Å². The quantitative estimate of drug-likeness (QED) is 0.764. The maximum Gasteiger partial charge on any atom is 0.162 e. The fourth-order valence-corrected chi connectivity index (χ4v) is 2.48. The monoisotopic (exact) mass is 208 g/mol. The van der Waals surface area contributed by atoms with Gasteiger partial charge in [-0.2, -0.15) is 0 Å². The summed E-state index contributed by atoms with van der Waals surface area (Å²) in [5.41, 5.74) is 5.59. The fourth-order valence-electron chi connectivity index (χ4n) is 2.48. The van der Waals surface area contributed by atoms with E-state index in [-0.39, 0.29) is 12.2 Å². The molecule has 1 saturated heterocycles. The lowest BCUT2D eigenvalue weighted by Gasteiger charge is -2.11. The molecular formula is C10H16N4O. The van der Waals surface area contributed by atoms with E-state index in [0.717, 1.165) is 37.5 Å². The van der Waals surface area contributed by atoms with E-state index in [0.29, 0.717) is 6.54 Å². The van der Waals surface area contributed by atoms with Gasteiger partial charge in [-0.3, -0.25) is 0 Å². The van der Waals surface area contributed by atoms with Gasteiger partial charge in [-0.25, -0.2) is 0 Å². The van der Waals surface area contributed by atoms with Gasteiger partial charge in [-0.1, -0.05) is 0 Å². The van der Waals surface area contributed by atoms with Crippen molar-refractivity contribution in [1.82, 2.24) is 14.8 Å². The average molecular weight is 208 g/mol. The Bertz CT molecular complexity index is 362. The van der Waals surface area contributed by atoms with Crippen molar-refractivity contribution < 1.29 is 4.74 Å². The molecule has 1 aromatic heterocycles. The van der Waals surface area contributed by atoms with Crippen molar-refractivity contribution in [1.29, 1.82) is 0 Å². The molecular weight excluding hydrogens is 192 g/mol. The molecule has 5 heteroatoms. The highest BCUT2D eigenvalue weighted by Gasteiger charge is 2.31. The van der Waals surface area contributed by atoms with Gasteiger partial charge in [0.05, 0.1) is 6.10 Å². The first kappa shape index (κ1) is 9.30. The molecule has 82 valence electrons. The van der Waals surface area contributed by atoms with Crippen LogP contribution in [-0.4, -0.2) is 27.4 Å². The molecule has 3 heterocycles. The van der Waals surface area contributed by atoms with Crippen molar-refractivity contribution >= 4 is 0 Å². The van der Waals surface area contributed by atoms with Gasteiger partial charge >= 0.3 is 0 Å². The van der Waals surface area contributed by atoms with Crippen LogP contribution in [0.2, 0.25) is 0 Å². The third-order valence-electron chi connectivity index (χ3n) is 3.30. The Morgan fingerprint density at radius 3 is 3.13 bits per heavy atom. The Morgan fingerprint density at radius 1 is 1.40 bits per heavy atom. The second-order valence-corrected chi connectivity index (χ2v) is 4.29. The topological polar surface area (TPSA) is 66.0 Å². The molecule has 15 heavy (non-hydrogen) atoms. The molecule has 0 aromatic carbocycles. The minimum Gasteiger partial charge on any atom is -0.366 e. The van der Waals surface area contributed by atoms with E-state index in [1.54, 1.807) is 0 Å². The maximum absolute atomic E-state index is 5.83. The van der Waals surface area contributed by atoms with Crippen molar-refractivity contribution in [3.8, 4) is 0 Å². The molecule has 2 aliphatic rings. The standard InChI is InChI=1S/C10H16N4O/c11-6-7-3-4-8(15-7)10-13-12-9-2-1-5-14(9)10/h7-8H,1-6,11H2. The van der Waals surface area contributed by atoms with Gasteiger partial charge in [0.25, 0.3) is 0 Å². The van der Waals surface area contributed by atoms with E-state index < -0.39 is 0 Å². The minimum atomic E-state index is 0.123. The highest BCUT2D eigenvalue weighted by molar-refractivity contribution is 5.04. The molecule has 2 unspecified atom stereocenters. The Hall–Kier alpha value is -0.940. The first-order valence-corrected chi connectivity index (χ1v) is 5.66. The molecule has 3 rings (SSSR count). The van der Waals surface area contributed by atoms with Gasteiger partial charge in [0.2, 0.25) is 0 Å². The predicted molar refractivity (Wildman–Crippen MR) is 54.2 cm³/mol. The molecule has 1 fully saturated rings. The summed E-state index contributed by atoms with van der Waals surface area (Å²) in [4.78, 5) is 0. The summed E-state index contributed by atoms with van der Waals surface area (Å²) in [6.45, 7) is 1.66. The smallest absolute Gasteiger partial charge is 0.162 e. The maximum atomic E-state index is 5.83. The summed E-state index contributed by atoms with van der Waals surface area (Å²) in [5, 5.41) is 8.43. The predicted octanol–water partition coefficient (Wildman–Crippen LogP) is 0.403. The van der Waals surface area contributed by atoms with Crippen LogP contribution in [0.1, 0.15) is 37.0 Å². The number of hydrogen-bond donors (Lipinski definition) is 1. The van der Waals surface area contributed by atoms with E-state index in [1.165, 1.54) is 6.42 Å². The zero-order valence-corrected chi connectivity index (χ0v) is 8.72. The van der Waals surface area contributed by atoms with Crippen LogP contribution in [0.4, 0.5) is 0 Å². The number of nitrogens with two attached hydrogens (primary N) is 1. The molecule has 2 N–H and O–H groups in total. The number of hydrogen-bond acceptors (Lipinski definition) is 4. The van der Waals surface area contributed by atoms with E-state index in [1.807, 2.05) is 0 Å². The van der Waals surface area contributed by atoms with Crippen LogP contribution < -0.4 is 5.73 Å². The van der Waals surface area contributed by atoms with E-state index in [2.05, 4.69) is 14.8 Å². The number of rotatable bonds is 2. The van der Waals surface area contributed by atoms with E-state index in [9.17, 15) is 0 Å². The van der Waals surface area contributed by atoms with Crippen LogP contribution in [0.5, 0.6) is 0 Å². The van der Waals surface area contributed by atoms with E-state index in [4.69, 9.17) is 10.5 Å². The van der Waals surface area contributed by atoms with Crippen molar-refractivity contribution in [2.24, 2.45) is 5.73 Å². The SMILES string of the molecule is NCC1CCC(c2nnc3n2CCC3)O1. The molecule has 0 aliphatic carbocycles. The molecule has 5 nitrogen and oxygen atoms in total. The molecule has 0 spiro atoms. The fraction of sp³-hybridized carbons (Fsp3) is 0.800. The van der Waals surface area contributed by atoms with Gasteiger partial charge in [0.15, 0.2) is 5.82 Å². The summed E-state index contributed by atoms with van der Waals surface area (Å²) in [7, 11) is 0. The number of aromatic nitrogens is 3. The lowest BCUT2D eigenvalue weighted by molar-refractivity contribution is 0.0426. The summed E-state index contributed by atoms with van der Waals surface area (Å²) >= 11 is 0. The lowest BCUT2D eigenvalue weighted by atomic mass is 10.2. The van der Waals surface area contributed by atoms with Crippen LogP contribution in [0.3, 0.4) is 0 Å². The summed E-state index contributed by atoms with van der Waals surface area (Å²) in [6, 6.07) is 0. The van der Waals surface area contributed by atoms with Crippen LogP contribution in [0.15, 0.2) is 0 Å². The normalized spacial score (nSPS) is 29.7. The Labute approximate surface area is 88.6 Å². The zero-order valence-electron chi connectivity index (χ0n) is 8.72. The van der Waals surface area contributed by atoms with Crippen LogP contribution in [-0.2, 0) is 17.7 Å². The molecule has 0 radical (unpaired) electrons. The van der Waals surface area contributed by atoms with Gasteiger partial charge in [0.1, 0.15) is 11.9 Å². The van der Waals surface area contributed by atoms with Crippen molar-refractivity contribution in [2.75, 3.05) is 6.54 Å². The van der Waals surface area contributed by atoms with Gasteiger partial charge < -0.3 is 15.0 Å². The van der Waals surface area contributed by atoms with Crippen molar-refractivity contribution in [2.45, 2.75) is 44.4 Å². The largest absolute Gasteiger partial charge is 0.366 e. The second-order valence-electron chi connectivity index (χ2n) is 4.29. The number of aryl methyl sites for hydroxylation is 1. The zero-order chi connectivity index (χ0) is 10.3. The average Bonchev–Trinajstić information content (AvgIpc) is 2.92. The highest BCUT2D eigenvalue weighted by atomic mass is 16.5. The Balaban J connectivity index is 1.82. The van der Waals surface area contributed by atoms with Gasteiger partial charge in [-0.05, 0) is 19.3 Å². The summed E-state index contributed by atoms with van der Waals surface area (Å²) in [6.07, 6.45) is 4.65. The van der Waals surface area contributed by atoms with E-state index >= 15 is 0 Å². The number of fused-ring (bicyclic) bond motifs is 1. The highest BCUT2D eigenvalue weighted by Crippen LogP contribution is 2.32. The van der Waals surface area contributed by atoms with Crippen molar-refractivity contribution in [3.05, 3.63) is 11.6 Å². The molecule has 0 saturated carbocycles.